The molecule has 4 N–H and O–H groups in total. The maximum Gasteiger partial charge on any atom is 0.269 e. The molecule has 8 nitrogen and oxygen atoms in total. The molecule has 0 saturated carbocycles. The van der Waals surface area contributed by atoms with Gasteiger partial charge in [0.25, 0.3) is 11.8 Å². The second kappa shape index (κ2) is 13.2. The van der Waals surface area contributed by atoms with Gasteiger partial charge in [0.2, 0.25) is 5.91 Å². The van der Waals surface area contributed by atoms with Crippen LogP contribution in [0.2, 0.25) is 0 Å². The minimum absolute atomic E-state index is 0.0540. The number of thiocarbonyl (C=S) groups is 1. The molecule has 0 atom stereocenters. The number of carbonyl (C=O) groups is 3. The molecule has 0 unspecified atom stereocenters. The van der Waals surface area contributed by atoms with Gasteiger partial charge in [0.05, 0.1) is 6.61 Å². The molecule has 9 heteroatoms. The van der Waals surface area contributed by atoms with E-state index in [1.165, 1.54) is 0 Å². The second-order valence-corrected chi connectivity index (χ2v) is 8.23. The monoisotopic (exact) mass is 470 g/mol. The van der Waals surface area contributed by atoms with Gasteiger partial charge in [-0.05, 0) is 67.0 Å². The van der Waals surface area contributed by atoms with Crippen LogP contribution in [-0.4, -0.2) is 29.4 Å². The Morgan fingerprint density at radius 1 is 0.970 bits per heavy atom. The highest BCUT2D eigenvalue weighted by molar-refractivity contribution is 7.80. The van der Waals surface area contributed by atoms with Crippen molar-refractivity contribution in [2.75, 3.05) is 11.9 Å². The van der Waals surface area contributed by atoms with Crippen LogP contribution in [0.3, 0.4) is 0 Å². The van der Waals surface area contributed by atoms with E-state index in [1.54, 1.807) is 48.5 Å². The van der Waals surface area contributed by atoms with Gasteiger partial charge in [-0.25, -0.2) is 0 Å². The number of nitrogens with one attached hydrogen (secondary N) is 4. The van der Waals surface area contributed by atoms with Crippen molar-refractivity contribution in [1.29, 1.82) is 0 Å². The SMILES string of the molecule is CCCCC(=O)Nc1ccc(C(=O)NNC(=S)NC(=O)c2cccc(OCC(C)C)c2)cc1. The Morgan fingerprint density at radius 3 is 2.36 bits per heavy atom. The predicted octanol–water partition coefficient (Wildman–Crippen LogP) is 3.80. The summed E-state index contributed by atoms with van der Waals surface area (Å²) < 4.78 is 5.63. The largest absolute Gasteiger partial charge is 0.493 e. The molecule has 0 saturated heterocycles. The average molecular weight is 471 g/mol. The van der Waals surface area contributed by atoms with E-state index in [4.69, 9.17) is 17.0 Å². The number of hydrazine groups is 1. The molecule has 176 valence electrons. The lowest BCUT2D eigenvalue weighted by Crippen LogP contribution is -2.48. The van der Waals surface area contributed by atoms with Crippen LogP contribution in [0.1, 0.15) is 60.7 Å². The topological polar surface area (TPSA) is 109 Å². The lowest BCUT2D eigenvalue weighted by atomic mass is 10.2. The highest BCUT2D eigenvalue weighted by atomic mass is 32.1. The lowest BCUT2D eigenvalue weighted by molar-refractivity contribution is -0.116. The third-order valence-electron chi connectivity index (χ3n) is 4.38. The van der Waals surface area contributed by atoms with E-state index in [0.717, 1.165) is 12.8 Å². The van der Waals surface area contributed by atoms with E-state index in [1.807, 2.05) is 20.8 Å². The average Bonchev–Trinajstić information content (AvgIpc) is 2.80. The molecule has 0 fully saturated rings. The molecule has 0 spiro atoms. The molecule has 0 aliphatic heterocycles. The first-order valence-corrected chi connectivity index (χ1v) is 11.2. The predicted molar refractivity (Wildman–Crippen MR) is 132 cm³/mol. The van der Waals surface area contributed by atoms with Crippen LogP contribution in [0.25, 0.3) is 0 Å². The summed E-state index contributed by atoms with van der Waals surface area (Å²) in [6.07, 6.45) is 2.23. The van der Waals surface area contributed by atoms with Crippen LogP contribution in [0.15, 0.2) is 48.5 Å². The molecule has 0 aliphatic carbocycles. The maximum atomic E-state index is 12.4. The number of benzene rings is 2. The van der Waals surface area contributed by atoms with Gasteiger partial charge < -0.3 is 10.1 Å². The number of ether oxygens (including phenoxy) is 1. The summed E-state index contributed by atoms with van der Waals surface area (Å²) in [7, 11) is 0. The van der Waals surface area contributed by atoms with Crippen molar-refractivity contribution in [2.24, 2.45) is 5.92 Å². The highest BCUT2D eigenvalue weighted by Gasteiger charge is 2.11. The van der Waals surface area contributed by atoms with Crippen molar-refractivity contribution in [1.82, 2.24) is 16.2 Å². The van der Waals surface area contributed by atoms with Gasteiger partial charge in [0, 0.05) is 23.2 Å². The lowest BCUT2D eigenvalue weighted by Gasteiger charge is -2.12. The minimum Gasteiger partial charge on any atom is -0.493 e. The molecule has 2 aromatic carbocycles. The highest BCUT2D eigenvalue weighted by Crippen LogP contribution is 2.14. The van der Waals surface area contributed by atoms with Crippen molar-refractivity contribution in [3.8, 4) is 5.75 Å². The van der Waals surface area contributed by atoms with Crippen LogP contribution in [-0.2, 0) is 4.79 Å². The molecule has 0 aromatic heterocycles. The Morgan fingerprint density at radius 2 is 1.70 bits per heavy atom. The molecule has 0 radical (unpaired) electrons. The third kappa shape index (κ3) is 9.28. The van der Waals surface area contributed by atoms with Crippen LogP contribution in [0.4, 0.5) is 5.69 Å². The normalized spacial score (nSPS) is 10.3. The molecule has 0 heterocycles. The second-order valence-electron chi connectivity index (χ2n) is 7.82. The molecular weight excluding hydrogens is 440 g/mol. The first-order chi connectivity index (χ1) is 15.8. The maximum absolute atomic E-state index is 12.4. The zero-order valence-corrected chi connectivity index (χ0v) is 19.9. The first kappa shape index (κ1) is 25.8. The van der Waals surface area contributed by atoms with Gasteiger partial charge in [-0.2, -0.15) is 0 Å². The zero-order valence-electron chi connectivity index (χ0n) is 19.1. The van der Waals surface area contributed by atoms with E-state index in [-0.39, 0.29) is 11.0 Å². The van der Waals surface area contributed by atoms with Crippen LogP contribution >= 0.6 is 12.2 Å². The molecule has 0 aliphatic rings. The number of anilines is 1. The Hall–Kier alpha value is -3.46. The fourth-order valence-corrected chi connectivity index (χ4v) is 2.79. The molecular formula is C24H30N4O4S. The molecule has 2 aromatic rings. The van der Waals surface area contributed by atoms with E-state index in [9.17, 15) is 14.4 Å². The summed E-state index contributed by atoms with van der Waals surface area (Å²) in [6.45, 7) is 6.64. The number of unbranched alkanes of at least 4 members (excludes halogenated alkanes) is 1. The number of hydrogen-bond acceptors (Lipinski definition) is 5. The van der Waals surface area contributed by atoms with Crippen LogP contribution in [0.5, 0.6) is 5.75 Å². The third-order valence-corrected chi connectivity index (χ3v) is 4.59. The summed E-state index contributed by atoms with van der Waals surface area (Å²) >= 11 is 5.08. The first-order valence-electron chi connectivity index (χ1n) is 10.8. The molecule has 3 amide bonds. The van der Waals surface area contributed by atoms with Crippen molar-refractivity contribution < 1.29 is 19.1 Å². The minimum atomic E-state index is -0.445. The number of amides is 3. The Balaban J connectivity index is 1.82. The Labute approximate surface area is 199 Å². The van der Waals surface area contributed by atoms with Gasteiger partial charge in [-0.15, -0.1) is 0 Å². The summed E-state index contributed by atoms with van der Waals surface area (Å²) in [4.78, 5) is 36.5. The zero-order chi connectivity index (χ0) is 24.2. The van der Waals surface area contributed by atoms with E-state index in [0.29, 0.717) is 41.5 Å². The van der Waals surface area contributed by atoms with Gasteiger partial charge in [0.1, 0.15) is 5.75 Å². The van der Waals surface area contributed by atoms with E-state index < -0.39 is 11.8 Å². The fourth-order valence-electron chi connectivity index (χ4n) is 2.65. The molecule has 0 bridgehead atoms. The van der Waals surface area contributed by atoms with Crippen LogP contribution < -0.4 is 26.2 Å². The fraction of sp³-hybridized carbons (Fsp3) is 0.333. The molecule has 2 rings (SSSR count). The van der Waals surface area contributed by atoms with Crippen molar-refractivity contribution in [3.05, 3.63) is 59.7 Å². The number of hydrogen-bond donors (Lipinski definition) is 4. The standard InChI is InChI=1S/C24H30N4O4S/c1-4-5-9-21(29)25-19-12-10-17(11-13-19)23(31)27-28-24(33)26-22(30)18-7-6-8-20(14-18)32-15-16(2)3/h6-8,10-14,16H,4-5,9,15H2,1-3H3,(H,25,29)(H,27,31)(H2,26,28,30,33). The van der Waals surface area contributed by atoms with Gasteiger partial charge in [-0.3, -0.25) is 30.6 Å². The summed E-state index contributed by atoms with van der Waals surface area (Å²) in [5.74, 6) is 0.0189. The smallest absolute Gasteiger partial charge is 0.269 e. The van der Waals surface area contributed by atoms with Crippen molar-refractivity contribution in [3.63, 3.8) is 0 Å². The molecule has 33 heavy (non-hydrogen) atoms. The quantitative estimate of drug-likeness (QED) is 0.328. The summed E-state index contributed by atoms with van der Waals surface area (Å²) in [5.41, 5.74) is 6.29. The van der Waals surface area contributed by atoms with E-state index >= 15 is 0 Å². The van der Waals surface area contributed by atoms with Gasteiger partial charge in [0.15, 0.2) is 5.11 Å². The van der Waals surface area contributed by atoms with E-state index in [2.05, 4.69) is 21.5 Å². The number of carbonyl (C=O) groups excluding carboxylic acids is 3. The van der Waals surface area contributed by atoms with Gasteiger partial charge in [-0.1, -0.05) is 33.3 Å². The van der Waals surface area contributed by atoms with Gasteiger partial charge >= 0.3 is 0 Å². The van der Waals surface area contributed by atoms with Crippen molar-refractivity contribution >= 4 is 40.7 Å². The van der Waals surface area contributed by atoms with Crippen molar-refractivity contribution in [2.45, 2.75) is 40.0 Å². The summed E-state index contributed by atoms with van der Waals surface area (Å²) in [6, 6.07) is 13.2. The Kier molecular flexibility index (Phi) is 10.3. The summed E-state index contributed by atoms with van der Waals surface area (Å²) in [5, 5.41) is 5.24. The Bertz CT molecular complexity index is 977. The number of rotatable bonds is 9. The van der Waals surface area contributed by atoms with Crippen LogP contribution in [0, 0.1) is 5.92 Å².